The zero-order valence-electron chi connectivity index (χ0n) is 13.9. The van der Waals surface area contributed by atoms with Gasteiger partial charge in [-0.2, -0.15) is 0 Å². The summed E-state index contributed by atoms with van der Waals surface area (Å²) in [5.74, 6) is 1.13. The number of anilines is 1. The van der Waals surface area contributed by atoms with Crippen LogP contribution in [0.5, 0.6) is 11.5 Å². The van der Waals surface area contributed by atoms with Crippen LogP contribution < -0.4 is 14.8 Å². The maximum atomic E-state index is 12.5. The van der Waals surface area contributed by atoms with Gasteiger partial charge in [0.2, 0.25) is 0 Å². The van der Waals surface area contributed by atoms with E-state index < -0.39 is 0 Å². The van der Waals surface area contributed by atoms with E-state index in [4.69, 9.17) is 9.47 Å². The highest BCUT2D eigenvalue weighted by Crippen LogP contribution is 2.32. The van der Waals surface area contributed by atoms with Crippen molar-refractivity contribution in [2.24, 2.45) is 0 Å². The first-order valence-corrected chi connectivity index (χ1v) is 8.29. The van der Waals surface area contributed by atoms with Crippen LogP contribution in [0.3, 0.4) is 0 Å². The van der Waals surface area contributed by atoms with E-state index in [2.05, 4.69) is 22.6 Å². The van der Waals surface area contributed by atoms with E-state index in [1.807, 2.05) is 10.7 Å². The molecule has 0 unspecified atom stereocenters. The predicted octanol–water partition coefficient (Wildman–Crippen LogP) is 2.86. The van der Waals surface area contributed by atoms with Crippen LogP contribution in [0.25, 0.3) is 11.0 Å². The van der Waals surface area contributed by atoms with Gasteiger partial charge in [0, 0.05) is 23.9 Å². The lowest BCUT2D eigenvalue weighted by Crippen LogP contribution is -2.16. The van der Waals surface area contributed by atoms with Crippen LogP contribution in [0, 0.1) is 0 Å². The number of carbonyl (C=O) groups excluding carboxylic acids is 1. The summed E-state index contributed by atoms with van der Waals surface area (Å²) < 4.78 is 12.9. The molecule has 0 fully saturated rings. The molecule has 128 valence electrons. The number of aromatic nitrogens is 3. The predicted molar refractivity (Wildman–Crippen MR) is 93.2 cm³/mol. The molecule has 1 N–H and O–H groups in total. The summed E-state index contributed by atoms with van der Waals surface area (Å²) in [4.78, 5) is 12.5. The van der Waals surface area contributed by atoms with E-state index in [9.17, 15) is 4.79 Å². The molecule has 25 heavy (non-hydrogen) atoms. The topological polar surface area (TPSA) is 78.3 Å². The van der Waals surface area contributed by atoms with E-state index in [0.29, 0.717) is 41.5 Å². The maximum Gasteiger partial charge on any atom is 0.255 e. The van der Waals surface area contributed by atoms with Crippen LogP contribution in [0.2, 0.25) is 0 Å². The molecule has 3 aromatic rings. The van der Waals surface area contributed by atoms with Gasteiger partial charge in [-0.05, 0) is 36.8 Å². The van der Waals surface area contributed by atoms with Crippen LogP contribution >= 0.6 is 0 Å². The first-order valence-electron chi connectivity index (χ1n) is 8.29. The number of aryl methyl sites for hydroxylation is 1. The van der Waals surface area contributed by atoms with Gasteiger partial charge in [-0.1, -0.05) is 12.1 Å². The number of nitrogens with one attached hydrogen (secondary N) is 1. The second-order valence-electron chi connectivity index (χ2n) is 5.83. The van der Waals surface area contributed by atoms with Gasteiger partial charge < -0.3 is 14.8 Å². The Morgan fingerprint density at radius 1 is 1.16 bits per heavy atom. The highest BCUT2D eigenvalue weighted by atomic mass is 16.6. The molecular weight excluding hydrogens is 320 g/mol. The van der Waals surface area contributed by atoms with E-state index in [1.54, 1.807) is 30.3 Å². The summed E-state index contributed by atoms with van der Waals surface area (Å²) in [5, 5.41) is 11.1. The van der Waals surface area contributed by atoms with Crippen LogP contribution in [-0.2, 0) is 6.54 Å². The van der Waals surface area contributed by atoms with Gasteiger partial charge in [0.25, 0.3) is 5.91 Å². The van der Waals surface area contributed by atoms with Gasteiger partial charge in [-0.3, -0.25) is 4.79 Å². The Bertz CT molecular complexity index is 935. The normalized spacial score (nSPS) is 13.0. The molecule has 7 nitrogen and oxygen atoms in total. The fraction of sp³-hybridized carbons (Fsp3) is 0.278. The third kappa shape index (κ3) is 3.00. The number of rotatable bonds is 4. The number of carbonyl (C=O) groups is 1. The first kappa shape index (κ1) is 15.4. The molecule has 1 aliphatic rings. The minimum atomic E-state index is -0.205. The number of nitrogens with zero attached hydrogens (tertiary/aromatic N) is 3. The number of ether oxygens (including phenoxy) is 2. The standard InChI is InChI=1S/C18H18N4O3/c1-2-7-22-15-5-3-12(10-14(15)20-21-22)18(23)19-13-4-6-16-17(11-13)25-9-8-24-16/h3-6,10-11H,2,7-9H2,1H3,(H,19,23). The van der Waals surface area contributed by atoms with Crippen molar-refractivity contribution in [3.63, 3.8) is 0 Å². The molecule has 7 heteroatoms. The van der Waals surface area contributed by atoms with Crippen molar-refractivity contribution >= 4 is 22.6 Å². The summed E-state index contributed by atoms with van der Waals surface area (Å²) in [6, 6.07) is 10.8. The van der Waals surface area contributed by atoms with Gasteiger partial charge in [-0.15, -0.1) is 5.10 Å². The number of amides is 1. The van der Waals surface area contributed by atoms with Gasteiger partial charge in [0.05, 0.1) is 5.52 Å². The molecule has 0 radical (unpaired) electrons. The minimum Gasteiger partial charge on any atom is -0.486 e. The fourth-order valence-corrected chi connectivity index (χ4v) is 2.81. The molecule has 0 aliphatic carbocycles. The molecule has 0 atom stereocenters. The molecule has 1 aromatic heterocycles. The van der Waals surface area contributed by atoms with E-state index in [1.165, 1.54) is 0 Å². The number of hydrogen-bond acceptors (Lipinski definition) is 5. The average molecular weight is 338 g/mol. The highest BCUT2D eigenvalue weighted by Gasteiger charge is 2.14. The Morgan fingerprint density at radius 3 is 2.84 bits per heavy atom. The van der Waals surface area contributed by atoms with Crippen LogP contribution in [0.1, 0.15) is 23.7 Å². The fourth-order valence-electron chi connectivity index (χ4n) is 2.81. The van der Waals surface area contributed by atoms with Crippen LogP contribution in [0.15, 0.2) is 36.4 Å². The van der Waals surface area contributed by atoms with Crippen molar-refractivity contribution in [1.29, 1.82) is 0 Å². The molecular formula is C18H18N4O3. The molecule has 0 spiro atoms. The molecule has 4 rings (SSSR count). The lowest BCUT2D eigenvalue weighted by atomic mass is 10.1. The van der Waals surface area contributed by atoms with Crippen molar-refractivity contribution in [2.75, 3.05) is 18.5 Å². The second-order valence-corrected chi connectivity index (χ2v) is 5.83. The average Bonchev–Trinajstić information content (AvgIpc) is 3.04. The van der Waals surface area contributed by atoms with Gasteiger partial charge in [0.15, 0.2) is 11.5 Å². The number of hydrogen-bond donors (Lipinski definition) is 1. The Morgan fingerprint density at radius 2 is 2.00 bits per heavy atom. The third-order valence-electron chi connectivity index (χ3n) is 4.01. The molecule has 1 amide bonds. The number of benzene rings is 2. The largest absolute Gasteiger partial charge is 0.486 e. The first-order chi connectivity index (χ1) is 12.2. The van der Waals surface area contributed by atoms with Crippen molar-refractivity contribution in [2.45, 2.75) is 19.9 Å². The van der Waals surface area contributed by atoms with Crippen molar-refractivity contribution in [3.05, 3.63) is 42.0 Å². The van der Waals surface area contributed by atoms with Gasteiger partial charge in [-0.25, -0.2) is 4.68 Å². The summed E-state index contributed by atoms with van der Waals surface area (Å²) in [6.45, 7) is 3.94. The lowest BCUT2D eigenvalue weighted by Gasteiger charge is -2.19. The van der Waals surface area contributed by atoms with Gasteiger partial charge >= 0.3 is 0 Å². The molecule has 2 heterocycles. The molecule has 0 bridgehead atoms. The van der Waals surface area contributed by atoms with Gasteiger partial charge in [0.1, 0.15) is 18.7 Å². The summed E-state index contributed by atoms with van der Waals surface area (Å²) in [7, 11) is 0. The quantitative estimate of drug-likeness (QED) is 0.791. The summed E-state index contributed by atoms with van der Waals surface area (Å²) in [6.07, 6.45) is 0.977. The van der Waals surface area contributed by atoms with E-state index in [0.717, 1.165) is 18.5 Å². The number of fused-ring (bicyclic) bond motifs is 2. The summed E-state index contributed by atoms with van der Waals surface area (Å²) in [5.41, 5.74) is 2.83. The second kappa shape index (κ2) is 6.43. The van der Waals surface area contributed by atoms with E-state index in [-0.39, 0.29) is 5.91 Å². The van der Waals surface area contributed by atoms with Crippen LogP contribution in [-0.4, -0.2) is 34.1 Å². The SMILES string of the molecule is CCCn1nnc2cc(C(=O)Nc3ccc4c(c3)OCCO4)ccc21. The van der Waals surface area contributed by atoms with Crippen molar-refractivity contribution in [1.82, 2.24) is 15.0 Å². The van der Waals surface area contributed by atoms with E-state index >= 15 is 0 Å². The Hall–Kier alpha value is -3.09. The zero-order valence-corrected chi connectivity index (χ0v) is 13.9. The Labute approximate surface area is 144 Å². The summed E-state index contributed by atoms with van der Waals surface area (Å²) >= 11 is 0. The lowest BCUT2D eigenvalue weighted by molar-refractivity contribution is 0.102. The molecule has 1 aliphatic heterocycles. The Kier molecular flexibility index (Phi) is 3.97. The molecule has 2 aromatic carbocycles. The monoisotopic (exact) mass is 338 g/mol. The van der Waals surface area contributed by atoms with Crippen molar-refractivity contribution in [3.8, 4) is 11.5 Å². The molecule has 0 saturated carbocycles. The minimum absolute atomic E-state index is 0.205. The smallest absolute Gasteiger partial charge is 0.255 e. The molecule has 0 saturated heterocycles. The highest BCUT2D eigenvalue weighted by molar-refractivity contribution is 6.06. The zero-order chi connectivity index (χ0) is 17.2. The Balaban J connectivity index is 1.55. The van der Waals surface area contributed by atoms with Crippen LogP contribution in [0.4, 0.5) is 5.69 Å². The maximum absolute atomic E-state index is 12.5. The van der Waals surface area contributed by atoms with Crippen molar-refractivity contribution < 1.29 is 14.3 Å². The third-order valence-corrected chi connectivity index (χ3v) is 4.01.